The summed E-state index contributed by atoms with van der Waals surface area (Å²) < 4.78 is 15.0. The van der Waals surface area contributed by atoms with Gasteiger partial charge < -0.3 is 10.7 Å². The van der Waals surface area contributed by atoms with Gasteiger partial charge in [-0.25, -0.2) is 14.4 Å². The van der Waals surface area contributed by atoms with Crippen molar-refractivity contribution in [3.63, 3.8) is 0 Å². The predicted molar refractivity (Wildman–Crippen MR) is 85.9 cm³/mol. The molecule has 0 aliphatic heterocycles. The maximum atomic E-state index is 13.3. The summed E-state index contributed by atoms with van der Waals surface area (Å²) in [6, 6.07) is 6.30. The number of aryl methyl sites for hydroxylation is 1. The van der Waals surface area contributed by atoms with Gasteiger partial charge in [0.15, 0.2) is 0 Å². The highest BCUT2D eigenvalue weighted by Crippen LogP contribution is 2.29. The number of aromatic amines is 1. The Balaban J connectivity index is 1.86. The van der Waals surface area contributed by atoms with E-state index in [1.54, 1.807) is 23.1 Å². The summed E-state index contributed by atoms with van der Waals surface area (Å²) in [4.78, 5) is 11.8. The van der Waals surface area contributed by atoms with Crippen LogP contribution in [0.5, 0.6) is 0 Å². The van der Waals surface area contributed by atoms with E-state index in [4.69, 9.17) is 5.73 Å². The van der Waals surface area contributed by atoms with Crippen molar-refractivity contribution in [3.8, 4) is 22.5 Å². The quantitative estimate of drug-likeness (QED) is 0.596. The summed E-state index contributed by atoms with van der Waals surface area (Å²) >= 11 is 0. The molecule has 4 aromatic rings. The smallest absolute Gasteiger partial charge is 0.142 e. The van der Waals surface area contributed by atoms with E-state index < -0.39 is 0 Å². The van der Waals surface area contributed by atoms with E-state index >= 15 is 0 Å². The number of hydrogen-bond acceptors (Lipinski definition) is 4. The lowest BCUT2D eigenvalue weighted by Gasteiger charge is -2.04. The van der Waals surface area contributed by atoms with Crippen molar-refractivity contribution in [1.29, 1.82) is 0 Å². The first-order valence-electron chi connectivity index (χ1n) is 7.00. The number of halogens is 1. The van der Waals surface area contributed by atoms with Gasteiger partial charge >= 0.3 is 0 Å². The first-order chi connectivity index (χ1) is 11.1. The summed E-state index contributed by atoms with van der Waals surface area (Å²) in [5.74, 6) is 0.599. The molecule has 0 aliphatic carbocycles. The molecule has 0 aliphatic rings. The van der Waals surface area contributed by atoms with Gasteiger partial charge in [-0.05, 0) is 24.3 Å². The SMILES string of the molecule is Cn1cc(-c2cnc(N)c(-c3nc4ccc(F)cc4[nH]3)c2)cn1. The van der Waals surface area contributed by atoms with Gasteiger partial charge in [-0.2, -0.15) is 5.10 Å². The maximum absolute atomic E-state index is 13.3. The fraction of sp³-hybridized carbons (Fsp3) is 0.0625. The number of rotatable bonds is 2. The molecule has 1 aromatic carbocycles. The highest BCUT2D eigenvalue weighted by molar-refractivity contribution is 5.83. The molecule has 3 heterocycles. The molecule has 0 spiro atoms. The number of hydrogen-bond donors (Lipinski definition) is 2. The zero-order valence-electron chi connectivity index (χ0n) is 12.3. The Hall–Kier alpha value is -3.22. The van der Waals surface area contributed by atoms with Crippen LogP contribution in [0.4, 0.5) is 10.2 Å². The van der Waals surface area contributed by atoms with Crippen LogP contribution < -0.4 is 5.73 Å². The summed E-state index contributed by atoms with van der Waals surface area (Å²) in [6.07, 6.45) is 5.34. The normalized spacial score (nSPS) is 11.2. The second-order valence-corrected chi connectivity index (χ2v) is 5.31. The monoisotopic (exact) mass is 308 g/mol. The highest BCUT2D eigenvalue weighted by atomic mass is 19.1. The lowest BCUT2D eigenvalue weighted by molar-refractivity contribution is 0.629. The molecule has 0 unspecified atom stereocenters. The molecule has 6 nitrogen and oxygen atoms in total. The molecule has 0 saturated heterocycles. The Morgan fingerprint density at radius 1 is 1.17 bits per heavy atom. The molecule has 114 valence electrons. The molecule has 0 saturated carbocycles. The van der Waals surface area contributed by atoms with Crippen molar-refractivity contribution in [2.75, 3.05) is 5.73 Å². The number of nitrogens with zero attached hydrogens (tertiary/aromatic N) is 4. The van der Waals surface area contributed by atoms with Crippen molar-refractivity contribution in [3.05, 3.63) is 48.7 Å². The molecule has 0 amide bonds. The van der Waals surface area contributed by atoms with E-state index in [1.165, 1.54) is 12.1 Å². The topological polar surface area (TPSA) is 85.4 Å². The Morgan fingerprint density at radius 3 is 2.83 bits per heavy atom. The van der Waals surface area contributed by atoms with Crippen LogP contribution in [-0.2, 0) is 7.05 Å². The summed E-state index contributed by atoms with van der Waals surface area (Å²) in [5, 5.41) is 4.15. The first kappa shape index (κ1) is 13.4. The first-order valence-corrected chi connectivity index (χ1v) is 7.00. The number of nitrogen functional groups attached to an aromatic ring is 1. The van der Waals surface area contributed by atoms with Gasteiger partial charge in [0.25, 0.3) is 0 Å². The van der Waals surface area contributed by atoms with Crippen LogP contribution in [0.25, 0.3) is 33.5 Å². The Bertz CT molecular complexity index is 1020. The van der Waals surface area contributed by atoms with E-state index in [0.29, 0.717) is 28.2 Å². The molecule has 0 bridgehead atoms. The average molecular weight is 308 g/mol. The van der Waals surface area contributed by atoms with Gasteiger partial charge in [0.1, 0.15) is 17.5 Å². The fourth-order valence-electron chi connectivity index (χ4n) is 2.50. The lowest BCUT2D eigenvalue weighted by Crippen LogP contribution is -1.95. The zero-order valence-corrected chi connectivity index (χ0v) is 12.3. The molecule has 3 N–H and O–H groups in total. The number of nitrogens with one attached hydrogen (secondary N) is 1. The summed E-state index contributed by atoms with van der Waals surface area (Å²) in [5.41, 5.74) is 9.77. The average Bonchev–Trinajstić information content (AvgIpc) is 3.13. The Morgan fingerprint density at radius 2 is 2.04 bits per heavy atom. The van der Waals surface area contributed by atoms with Crippen LogP contribution in [-0.4, -0.2) is 24.7 Å². The number of aromatic nitrogens is 5. The third-order valence-corrected chi connectivity index (χ3v) is 3.66. The van der Waals surface area contributed by atoms with Crippen LogP contribution >= 0.6 is 0 Å². The number of pyridine rings is 1. The molecule has 4 rings (SSSR count). The Labute approximate surface area is 130 Å². The lowest BCUT2D eigenvalue weighted by atomic mass is 10.1. The minimum atomic E-state index is -0.317. The third-order valence-electron chi connectivity index (χ3n) is 3.66. The van der Waals surface area contributed by atoms with Gasteiger partial charge in [0.2, 0.25) is 0 Å². The van der Waals surface area contributed by atoms with E-state index in [-0.39, 0.29) is 5.82 Å². The van der Waals surface area contributed by atoms with Crippen LogP contribution in [0, 0.1) is 5.82 Å². The minimum absolute atomic E-state index is 0.317. The second-order valence-electron chi connectivity index (χ2n) is 5.31. The zero-order chi connectivity index (χ0) is 16.0. The number of H-pyrrole nitrogens is 1. The number of anilines is 1. The molecule has 3 aromatic heterocycles. The van der Waals surface area contributed by atoms with E-state index in [2.05, 4.69) is 20.1 Å². The number of fused-ring (bicyclic) bond motifs is 1. The van der Waals surface area contributed by atoms with Crippen LogP contribution in [0.1, 0.15) is 0 Å². The van der Waals surface area contributed by atoms with Crippen molar-refractivity contribution >= 4 is 16.9 Å². The molecular formula is C16H13FN6. The van der Waals surface area contributed by atoms with Crippen LogP contribution in [0.3, 0.4) is 0 Å². The molecule has 0 atom stereocenters. The number of nitrogens with two attached hydrogens (primary N) is 1. The molecule has 23 heavy (non-hydrogen) atoms. The highest BCUT2D eigenvalue weighted by Gasteiger charge is 2.12. The van der Waals surface area contributed by atoms with E-state index in [9.17, 15) is 4.39 Å². The van der Waals surface area contributed by atoms with Crippen LogP contribution in [0.2, 0.25) is 0 Å². The van der Waals surface area contributed by atoms with Gasteiger partial charge in [0.05, 0.1) is 22.8 Å². The summed E-state index contributed by atoms with van der Waals surface area (Å²) in [7, 11) is 1.85. The van der Waals surface area contributed by atoms with Gasteiger partial charge in [-0.1, -0.05) is 0 Å². The van der Waals surface area contributed by atoms with Crippen molar-refractivity contribution in [1.82, 2.24) is 24.7 Å². The van der Waals surface area contributed by atoms with E-state index in [1.807, 2.05) is 19.3 Å². The van der Waals surface area contributed by atoms with Crippen molar-refractivity contribution in [2.45, 2.75) is 0 Å². The van der Waals surface area contributed by atoms with Gasteiger partial charge in [-0.15, -0.1) is 0 Å². The van der Waals surface area contributed by atoms with Gasteiger partial charge in [-0.3, -0.25) is 4.68 Å². The second kappa shape index (κ2) is 4.91. The third kappa shape index (κ3) is 2.32. The maximum Gasteiger partial charge on any atom is 0.142 e. The number of imidazole rings is 1. The number of benzene rings is 1. The molecule has 0 fully saturated rings. The molecule has 7 heteroatoms. The molecular weight excluding hydrogens is 295 g/mol. The predicted octanol–water partition coefficient (Wildman–Crippen LogP) is 2.75. The van der Waals surface area contributed by atoms with E-state index in [0.717, 1.165) is 11.1 Å². The minimum Gasteiger partial charge on any atom is -0.383 e. The van der Waals surface area contributed by atoms with Crippen LogP contribution in [0.15, 0.2) is 42.9 Å². The largest absolute Gasteiger partial charge is 0.383 e. The standard InChI is InChI=1S/C16H13FN6/c1-23-8-10(7-20-23)9-4-12(15(18)19-6-9)16-21-13-3-2-11(17)5-14(13)22-16/h2-8H,1H3,(H2,18,19)(H,21,22). The van der Waals surface area contributed by atoms with Crippen molar-refractivity contribution < 1.29 is 4.39 Å². The fourth-order valence-corrected chi connectivity index (χ4v) is 2.50. The van der Waals surface area contributed by atoms with Gasteiger partial charge in [0, 0.05) is 30.6 Å². The Kier molecular flexibility index (Phi) is 2.87. The van der Waals surface area contributed by atoms with Crippen molar-refractivity contribution in [2.24, 2.45) is 7.05 Å². The summed E-state index contributed by atoms with van der Waals surface area (Å²) in [6.45, 7) is 0. The molecule has 0 radical (unpaired) electrons.